The van der Waals surface area contributed by atoms with Crippen LogP contribution in [0.2, 0.25) is 0 Å². The number of hydrogen-bond acceptors (Lipinski definition) is 4. The van der Waals surface area contributed by atoms with Crippen LogP contribution in [-0.4, -0.2) is 19.5 Å². The number of aromatic nitrogens is 4. The van der Waals surface area contributed by atoms with Gasteiger partial charge in [-0.3, -0.25) is 4.57 Å². The predicted molar refractivity (Wildman–Crippen MR) is 247 cm³/mol. The SMILES string of the molecule is CC.c1ccc(-c2nc(-c3ccc4ccccc4c3)nc(-n3c4c(-c5ccc6sc7ccccc7c6c5)cccc4c4c5ccccc5c5ccccc5c43)n2)cc1. The van der Waals surface area contributed by atoms with Crippen LogP contribution in [0.4, 0.5) is 0 Å². The summed E-state index contributed by atoms with van der Waals surface area (Å²) < 4.78 is 4.90. The van der Waals surface area contributed by atoms with Gasteiger partial charge in [-0.05, 0) is 56.8 Å². The van der Waals surface area contributed by atoms with Gasteiger partial charge in [0.25, 0.3) is 0 Å². The van der Waals surface area contributed by atoms with E-state index < -0.39 is 0 Å². The lowest BCUT2D eigenvalue weighted by Gasteiger charge is -2.14. The number of nitrogens with zero attached hydrogens (tertiary/aromatic N) is 4. The van der Waals surface area contributed by atoms with Crippen LogP contribution in [0.25, 0.3) is 114 Å². The Morgan fingerprint density at radius 2 is 0.983 bits per heavy atom. The van der Waals surface area contributed by atoms with E-state index in [0.29, 0.717) is 17.6 Å². The van der Waals surface area contributed by atoms with Gasteiger partial charge >= 0.3 is 0 Å². The van der Waals surface area contributed by atoms with Crippen molar-refractivity contribution < 1.29 is 0 Å². The van der Waals surface area contributed by atoms with Gasteiger partial charge in [0.15, 0.2) is 11.6 Å². The molecule has 12 rings (SSSR count). The van der Waals surface area contributed by atoms with Gasteiger partial charge < -0.3 is 0 Å². The lowest BCUT2D eigenvalue weighted by atomic mass is 9.95. The quantitative estimate of drug-likeness (QED) is 0.168. The lowest BCUT2D eigenvalue weighted by Crippen LogP contribution is -2.07. The Balaban J connectivity index is 0.00000190. The zero-order valence-corrected chi connectivity index (χ0v) is 32.8. The maximum absolute atomic E-state index is 5.43. The molecule has 0 amide bonds. The van der Waals surface area contributed by atoms with Gasteiger partial charge in [0.2, 0.25) is 5.95 Å². The van der Waals surface area contributed by atoms with E-state index in [1.165, 1.54) is 47.1 Å². The summed E-state index contributed by atoms with van der Waals surface area (Å²) in [5.74, 6) is 1.84. The van der Waals surface area contributed by atoms with Crippen LogP contribution in [0.5, 0.6) is 0 Å². The molecule has 0 spiro atoms. The van der Waals surface area contributed by atoms with Crippen LogP contribution in [0.15, 0.2) is 182 Å². The predicted octanol–water partition coefficient (Wildman–Crippen LogP) is 14.8. The van der Waals surface area contributed by atoms with E-state index in [9.17, 15) is 0 Å². The second-order valence-corrected chi connectivity index (χ2v) is 15.5. The summed E-state index contributed by atoms with van der Waals surface area (Å²) in [4.78, 5) is 16.0. The van der Waals surface area contributed by atoms with Gasteiger partial charge in [-0.2, -0.15) is 9.97 Å². The van der Waals surface area contributed by atoms with Crippen LogP contribution in [0, 0.1) is 0 Å². The number of benzene rings is 9. The molecule has 0 saturated carbocycles. The van der Waals surface area contributed by atoms with Gasteiger partial charge in [-0.25, -0.2) is 4.98 Å². The van der Waals surface area contributed by atoms with Crippen molar-refractivity contribution in [2.75, 3.05) is 0 Å². The minimum atomic E-state index is 0.581. The Bertz CT molecular complexity index is 3540. The highest BCUT2D eigenvalue weighted by molar-refractivity contribution is 7.25. The standard InChI is InChI=1S/C51H30N4S.C2H6/c1-2-14-32(15-3-1)49-52-50(35-26-25-31-13-4-5-16-33(31)29-35)54-51(53-49)55-47-36(34-27-28-45-43(30-34)39-19-10-11-24-44(39)56-45)22-12-23-42(47)46-40-20-8-6-17-37(40)38-18-7-9-21-41(38)48(46)55;1-2/h1-30H;1-2H3. The first-order valence-corrected chi connectivity index (χ1v) is 20.7. The summed E-state index contributed by atoms with van der Waals surface area (Å²) in [6, 6.07) is 65.0. The molecule has 0 bridgehead atoms. The molecule has 0 aliphatic heterocycles. The molecule has 12 aromatic rings. The molecule has 0 aliphatic rings. The molecule has 0 aliphatic carbocycles. The average molecular weight is 761 g/mol. The molecule has 3 heterocycles. The first kappa shape index (κ1) is 34.1. The van der Waals surface area contributed by atoms with E-state index >= 15 is 0 Å². The summed E-state index contributed by atoms with van der Waals surface area (Å²) in [5.41, 5.74) is 6.30. The summed E-state index contributed by atoms with van der Waals surface area (Å²) >= 11 is 1.84. The average Bonchev–Trinajstić information content (AvgIpc) is 3.86. The second-order valence-electron chi connectivity index (χ2n) is 14.4. The molecule has 0 fully saturated rings. The van der Waals surface area contributed by atoms with E-state index in [-0.39, 0.29) is 0 Å². The minimum Gasteiger partial charge on any atom is -0.277 e. The maximum Gasteiger partial charge on any atom is 0.238 e. The summed E-state index contributed by atoms with van der Waals surface area (Å²) in [7, 11) is 0. The number of para-hydroxylation sites is 1. The van der Waals surface area contributed by atoms with Crippen LogP contribution in [0.3, 0.4) is 0 Å². The Hall–Kier alpha value is -7.21. The third kappa shape index (κ3) is 5.32. The highest BCUT2D eigenvalue weighted by Gasteiger charge is 2.24. The number of rotatable bonds is 4. The minimum absolute atomic E-state index is 0.581. The molecule has 0 N–H and O–H groups in total. The zero-order chi connectivity index (χ0) is 38.7. The van der Waals surface area contributed by atoms with Gasteiger partial charge in [-0.15, -0.1) is 11.3 Å². The third-order valence-corrected chi connectivity index (χ3v) is 12.4. The van der Waals surface area contributed by atoms with E-state index in [1.807, 2.05) is 43.4 Å². The van der Waals surface area contributed by atoms with Crippen molar-refractivity contribution in [3.8, 4) is 39.9 Å². The molecule has 0 atom stereocenters. The normalized spacial score (nSPS) is 11.6. The topological polar surface area (TPSA) is 43.6 Å². The molecule has 274 valence electrons. The summed E-state index contributed by atoms with van der Waals surface area (Å²) in [5, 5.41) is 12.0. The van der Waals surface area contributed by atoms with E-state index in [2.05, 4.69) is 168 Å². The Labute approximate surface area is 339 Å². The number of thiophene rings is 1. The fourth-order valence-electron chi connectivity index (χ4n) is 8.69. The fourth-order valence-corrected chi connectivity index (χ4v) is 9.78. The van der Waals surface area contributed by atoms with Crippen LogP contribution < -0.4 is 0 Å². The van der Waals surface area contributed by atoms with Crippen molar-refractivity contribution in [2.45, 2.75) is 13.8 Å². The number of hydrogen-bond donors (Lipinski definition) is 0. The first-order chi connectivity index (χ1) is 28.8. The Kier molecular flexibility index (Phi) is 8.09. The van der Waals surface area contributed by atoms with Gasteiger partial charge in [0, 0.05) is 53.0 Å². The summed E-state index contributed by atoms with van der Waals surface area (Å²) in [6.07, 6.45) is 0. The maximum atomic E-state index is 5.43. The molecule has 58 heavy (non-hydrogen) atoms. The van der Waals surface area contributed by atoms with Crippen LogP contribution in [0.1, 0.15) is 13.8 Å². The van der Waals surface area contributed by atoms with E-state index in [0.717, 1.165) is 49.4 Å². The van der Waals surface area contributed by atoms with Crippen LogP contribution >= 0.6 is 11.3 Å². The Morgan fingerprint density at radius 1 is 0.379 bits per heavy atom. The molecular weight excluding hydrogens is 725 g/mol. The first-order valence-electron chi connectivity index (χ1n) is 19.9. The molecule has 4 nitrogen and oxygen atoms in total. The molecule has 0 radical (unpaired) electrons. The number of fused-ring (bicyclic) bond motifs is 12. The molecule has 5 heteroatoms. The van der Waals surface area contributed by atoms with Crippen molar-refractivity contribution in [1.29, 1.82) is 0 Å². The van der Waals surface area contributed by atoms with Crippen molar-refractivity contribution in [3.63, 3.8) is 0 Å². The largest absolute Gasteiger partial charge is 0.277 e. The second kappa shape index (κ2) is 13.8. The van der Waals surface area contributed by atoms with Crippen molar-refractivity contribution in [2.24, 2.45) is 0 Å². The molecule has 0 saturated heterocycles. The monoisotopic (exact) mass is 760 g/mol. The summed E-state index contributed by atoms with van der Waals surface area (Å²) in [6.45, 7) is 4.00. The lowest BCUT2D eigenvalue weighted by molar-refractivity contribution is 0.956. The smallest absolute Gasteiger partial charge is 0.238 e. The fraction of sp³-hybridized carbons (Fsp3) is 0.0377. The molecular formula is C53H36N4S. The van der Waals surface area contributed by atoms with Crippen LogP contribution in [-0.2, 0) is 0 Å². The zero-order valence-electron chi connectivity index (χ0n) is 32.0. The van der Waals surface area contributed by atoms with E-state index in [1.54, 1.807) is 0 Å². The van der Waals surface area contributed by atoms with Crippen molar-refractivity contribution in [1.82, 2.24) is 19.5 Å². The van der Waals surface area contributed by atoms with Gasteiger partial charge in [-0.1, -0.05) is 172 Å². The van der Waals surface area contributed by atoms with Gasteiger partial charge in [0.05, 0.1) is 11.0 Å². The highest BCUT2D eigenvalue weighted by Crippen LogP contribution is 2.46. The highest BCUT2D eigenvalue weighted by atomic mass is 32.1. The van der Waals surface area contributed by atoms with E-state index in [4.69, 9.17) is 15.0 Å². The van der Waals surface area contributed by atoms with Crippen molar-refractivity contribution >= 4 is 85.6 Å². The molecule has 0 unspecified atom stereocenters. The van der Waals surface area contributed by atoms with Gasteiger partial charge in [0.1, 0.15) is 0 Å². The molecule has 3 aromatic heterocycles. The Morgan fingerprint density at radius 3 is 1.79 bits per heavy atom. The van der Waals surface area contributed by atoms with Crippen molar-refractivity contribution in [3.05, 3.63) is 182 Å². The third-order valence-electron chi connectivity index (χ3n) is 11.2. The molecule has 9 aromatic carbocycles.